The Hall–Kier alpha value is -3.75. The van der Waals surface area contributed by atoms with Gasteiger partial charge >= 0.3 is 0 Å². The third kappa shape index (κ3) is 3.42. The first-order chi connectivity index (χ1) is 14.2. The highest BCUT2D eigenvalue weighted by molar-refractivity contribution is 5.95. The zero-order chi connectivity index (χ0) is 19.8. The number of carbonyl (C=O) groups is 1. The Balaban J connectivity index is 1.27. The van der Waals surface area contributed by atoms with Gasteiger partial charge in [-0.1, -0.05) is 0 Å². The van der Waals surface area contributed by atoms with Crippen molar-refractivity contribution in [1.29, 1.82) is 0 Å². The van der Waals surface area contributed by atoms with Crippen LogP contribution in [0.15, 0.2) is 55.4 Å². The van der Waals surface area contributed by atoms with Gasteiger partial charge < -0.3 is 14.6 Å². The number of anilines is 1. The molecule has 0 radical (unpaired) electrons. The molecular formula is C20H20N8O. The first-order valence-electron chi connectivity index (χ1n) is 9.46. The lowest BCUT2D eigenvalue weighted by atomic mass is 10.2. The average Bonchev–Trinajstić information content (AvgIpc) is 3.48. The molecule has 1 fully saturated rings. The lowest BCUT2D eigenvalue weighted by Crippen LogP contribution is -2.37. The number of amides is 1. The van der Waals surface area contributed by atoms with Crippen LogP contribution < -0.4 is 10.2 Å². The zero-order valence-corrected chi connectivity index (χ0v) is 15.9. The summed E-state index contributed by atoms with van der Waals surface area (Å²) in [4.78, 5) is 28.1. The van der Waals surface area contributed by atoms with E-state index in [0.717, 1.165) is 29.9 Å². The van der Waals surface area contributed by atoms with E-state index in [1.54, 1.807) is 35.4 Å². The number of rotatable bonds is 4. The van der Waals surface area contributed by atoms with Crippen LogP contribution in [0, 0.1) is 0 Å². The van der Waals surface area contributed by atoms with E-state index in [-0.39, 0.29) is 11.9 Å². The summed E-state index contributed by atoms with van der Waals surface area (Å²) in [7, 11) is 1.88. The fraction of sp³-hybridized carbons (Fsp3) is 0.250. The number of aromatic nitrogens is 6. The van der Waals surface area contributed by atoms with Crippen molar-refractivity contribution in [2.24, 2.45) is 7.05 Å². The largest absolute Gasteiger partial charge is 0.347 e. The quantitative estimate of drug-likeness (QED) is 0.570. The van der Waals surface area contributed by atoms with E-state index in [0.29, 0.717) is 18.1 Å². The van der Waals surface area contributed by atoms with Crippen molar-refractivity contribution >= 4 is 17.5 Å². The molecule has 29 heavy (non-hydrogen) atoms. The van der Waals surface area contributed by atoms with Crippen molar-refractivity contribution in [3.8, 4) is 11.3 Å². The van der Waals surface area contributed by atoms with Crippen molar-refractivity contribution in [3.63, 3.8) is 0 Å². The van der Waals surface area contributed by atoms with Crippen LogP contribution >= 0.6 is 0 Å². The van der Waals surface area contributed by atoms with Gasteiger partial charge in [-0.05, 0) is 24.6 Å². The van der Waals surface area contributed by atoms with Crippen molar-refractivity contribution in [1.82, 2.24) is 34.4 Å². The van der Waals surface area contributed by atoms with E-state index >= 15 is 0 Å². The Kier molecular flexibility index (Phi) is 4.19. The van der Waals surface area contributed by atoms with Gasteiger partial charge in [-0.2, -0.15) is 5.10 Å². The lowest BCUT2D eigenvalue weighted by Gasteiger charge is -2.17. The van der Waals surface area contributed by atoms with Crippen LogP contribution in [0.5, 0.6) is 0 Å². The molecule has 0 saturated carbocycles. The van der Waals surface area contributed by atoms with Crippen LogP contribution in [0.1, 0.15) is 16.8 Å². The molecule has 146 valence electrons. The monoisotopic (exact) mass is 388 g/mol. The first-order valence-corrected chi connectivity index (χ1v) is 9.46. The number of hydrogen-bond donors (Lipinski definition) is 1. The Morgan fingerprint density at radius 1 is 1.21 bits per heavy atom. The van der Waals surface area contributed by atoms with Gasteiger partial charge in [0.1, 0.15) is 5.65 Å². The highest BCUT2D eigenvalue weighted by Gasteiger charge is 2.26. The molecule has 0 spiro atoms. The Morgan fingerprint density at radius 2 is 2.14 bits per heavy atom. The molecule has 1 N–H and O–H groups in total. The van der Waals surface area contributed by atoms with Crippen LogP contribution in [-0.4, -0.2) is 54.2 Å². The molecule has 4 aromatic heterocycles. The number of fused-ring (bicyclic) bond motifs is 1. The molecule has 0 aromatic carbocycles. The van der Waals surface area contributed by atoms with E-state index in [4.69, 9.17) is 0 Å². The maximum absolute atomic E-state index is 12.6. The van der Waals surface area contributed by atoms with Crippen LogP contribution in [0.25, 0.3) is 16.9 Å². The third-order valence-corrected chi connectivity index (χ3v) is 5.11. The minimum absolute atomic E-state index is 0.0455. The maximum atomic E-state index is 12.6. The van der Waals surface area contributed by atoms with Crippen molar-refractivity contribution in [2.75, 3.05) is 18.0 Å². The van der Waals surface area contributed by atoms with E-state index in [1.165, 1.54) is 0 Å². The summed E-state index contributed by atoms with van der Waals surface area (Å²) >= 11 is 0. The Labute approximate surface area is 167 Å². The van der Waals surface area contributed by atoms with Gasteiger partial charge in [-0.25, -0.2) is 15.0 Å². The second kappa shape index (κ2) is 7.01. The van der Waals surface area contributed by atoms with Gasteiger partial charge in [0.15, 0.2) is 0 Å². The Bertz CT molecular complexity index is 1180. The number of nitrogens with one attached hydrogen (secondary N) is 1. The molecule has 0 aliphatic carbocycles. The summed E-state index contributed by atoms with van der Waals surface area (Å²) in [5.74, 6) is 0.578. The number of carbonyl (C=O) groups excluding carboxylic acids is 1. The molecule has 1 aliphatic rings. The molecule has 1 amide bonds. The molecule has 9 nitrogen and oxygen atoms in total. The van der Waals surface area contributed by atoms with Gasteiger partial charge in [0.25, 0.3) is 5.91 Å². The molecule has 4 aromatic rings. The molecular weight excluding hydrogens is 368 g/mol. The molecule has 9 heteroatoms. The van der Waals surface area contributed by atoms with Gasteiger partial charge in [0.2, 0.25) is 5.95 Å². The van der Waals surface area contributed by atoms with Crippen molar-refractivity contribution < 1.29 is 4.79 Å². The maximum Gasteiger partial charge on any atom is 0.251 e. The van der Waals surface area contributed by atoms with Crippen LogP contribution in [0.3, 0.4) is 0 Å². The highest BCUT2D eigenvalue weighted by atomic mass is 16.1. The molecule has 1 unspecified atom stereocenters. The number of pyridine rings is 1. The highest BCUT2D eigenvalue weighted by Crippen LogP contribution is 2.21. The topological polar surface area (TPSA) is 93.2 Å². The smallest absolute Gasteiger partial charge is 0.251 e. The second-order valence-electron chi connectivity index (χ2n) is 7.16. The van der Waals surface area contributed by atoms with Gasteiger partial charge in [-0.3, -0.25) is 9.48 Å². The molecule has 5 heterocycles. The lowest BCUT2D eigenvalue weighted by molar-refractivity contribution is 0.0940. The van der Waals surface area contributed by atoms with E-state index < -0.39 is 0 Å². The van der Waals surface area contributed by atoms with E-state index in [9.17, 15) is 4.79 Å². The second-order valence-corrected chi connectivity index (χ2v) is 7.16. The summed E-state index contributed by atoms with van der Waals surface area (Å²) in [5, 5.41) is 7.31. The predicted octanol–water partition coefficient (Wildman–Crippen LogP) is 1.53. The number of imidazole rings is 1. The van der Waals surface area contributed by atoms with E-state index in [2.05, 4.69) is 30.3 Å². The fourth-order valence-electron chi connectivity index (χ4n) is 3.59. The number of nitrogens with zero attached hydrogens (tertiary/aromatic N) is 7. The van der Waals surface area contributed by atoms with Crippen LogP contribution in [-0.2, 0) is 7.05 Å². The van der Waals surface area contributed by atoms with Crippen molar-refractivity contribution in [2.45, 2.75) is 12.5 Å². The Morgan fingerprint density at radius 3 is 3.00 bits per heavy atom. The van der Waals surface area contributed by atoms with Crippen molar-refractivity contribution in [3.05, 3.63) is 60.9 Å². The summed E-state index contributed by atoms with van der Waals surface area (Å²) in [6, 6.07) is 5.52. The van der Waals surface area contributed by atoms with Gasteiger partial charge in [-0.15, -0.1) is 0 Å². The minimum Gasteiger partial charge on any atom is -0.347 e. The van der Waals surface area contributed by atoms with E-state index in [1.807, 2.05) is 36.1 Å². The normalized spacial score (nSPS) is 16.4. The number of hydrogen-bond acceptors (Lipinski definition) is 6. The standard InChI is InChI=1S/C20H20N8O/c1-26-12-15(11-23-26)17-2-5-22-20(25-17)28-8-4-16(13-28)24-19(29)14-3-7-27-9-6-21-18(27)10-14/h2-3,5-7,9-12,16H,4,8,13H2,1H3,(H,24,29). The fourth-order valence-corrected chi connectivity index (χ4v) is 3.59. The molecule has 0 bridgehead atoms. The summed E-state index contributed by atoms with van der Waals surface area (Å²) < 4.78 is 3.63. The SMILES string of the molecule is Cn1cc(-c2ccnc(N3CCC(NC(=O)c4ccn5ccnc5c4)C3)n2)cn1. The average molecular weight is 388 g/mol. The summed E-state index contributed by atoms with van der Waals surface area (Å²) in [6.07, 6.45) is 11.7. The molecule has 5 rings (SSSR count). The van der Waals surface area contributed by atoms with Gasteiger partial charge in [0, 0.05) is 68.3 Å². The molecule has 1 atom stereocenters. The molecule has 1 saturated heterocycles. The van der Waals surface area contributed by atoms with Crippen LogP contribution in [0.2, 0.25) is 0 Å². The first kappa shape index (κ1) is 17.4. The predicted molar refractivity (Wildman–Crippen MR) is 108 cm³/mol. The zero-order valence-electron chi connectivity index (χ0n) is 15.9. The summed E-state index contributed by atoms with van der Waals surface area (Å²) in [6.45, 7) is 1.47. The van der Waals surface area contributed by atoms with Crippen LogP contribution in [0.4, 0.5) is 5.95 Å². The molecule has 1 aliphatic heterocycles. The number of aryl methyl sites for hydroxylation is 1. The minimum atomic E-state index is -0.0904. The third-order valence-electron chi connectivity index (χ3n) is 5.11. The summed E-state index contributed by atoms with van der Waals surface area (Å²) in [5.41, 5.74) is 3.15. The van der Waals surface area contributed by atoms with Gasteiger partial charge in [0.05, 0.1) is 11.9 Å².